The number of hydrogen-bond donors (Lipinski definition) is 1. The third-order valence-corrected chi connectivity index (χ3v) is 4.59. The Morgan fingerprint density at radius 2 is 1.96 bits per heavy atom. The maximum Gasteiger partial charge on any atom is 0.326 e. The Bertz CT molecular complexity index is 1100. The van der Waals surface area contributed by atoms with E-state index < -0.39 is 5.97 Å². The van der Waals surface area contributed by atoms with Crippen molar-refractivity contribution in [2.24, 2.45) is 4.99 Å². The molecule has 7 heteroatoms. The van der Waals surface area contributed by atoms with E-state index in [1.807, 2.05) is 24.3 Å². The van der Waals surface area contributed by atoms with Crippen molar-refractivity contribution in [3.05, 3.63) is 76.3 Å². The Morgan fingerprint density at radius 1 is 1.14 bits per heavy atom. The van der Waals surface area contributed by atoms with Gasteiger partial charge in [-0.2, -0.15) is 0 Å². The minimum absolute atomic E-state index is 0.149. The molecule has 0 saturated carbocycles. The number of aliphatic imine (C=N–C) groups is 1. The molecule has 0 saturated heterocycles. The molecule has 0 fully saturated rings. The Kier molecular flexibility index (Phi) is 5.14. The molecule has 1 N–H and O–H groups in total. The second-order valence-electron chi connectivity index (χ2n) is 6.52. The summed E-state index contributed by atoms with van der Waals surface area (Å²) in [5.74, 6) is 0.429. The zero-order valence-electron chi connectivity index (χ0n) is 15.3. The van der Waals surface area contributed by atoms with Crippen LogP contribution < -0.4 is 10.9 Å². The monoisotopic (exact) mass is 376 g/mol. The van der Waals surface area contributed by atoms with Crippen LogP contribution >= 0.6 is 0 Å². The number of fused-ring (bicyclic) bond motifs is 2. The zero-order valence-corrected chi connectivity index (χ0v) is 15.3. The molecule has 0 atom stereocenters. The van der Waals surface area contributed by atoms with Crippen molar-refractivity contribution >= 4 is 22.7 Å². The summed E-state index contributed by atoms with van der Waals surface area (Å²) >= 11 is 0. The van der Waals surface area contributed by atoms with Gasteiger partial charge in [-0.1, -0.05) is 36.4 Å². The average molecular weight is 376 g/mol. The van der Waals surface area contributed by atoms with Crippen LogP contribution in [0, 0.1) is 0 Å². The molecule has 1 aromatic heterocycles. The molecule has 0 spiro atoms. The molecular formula is C21H20N4O3. The van der Waals surface area contributed by atoms with Crippen molar-refractivity contribution in [2.75, 3.05) is 13.2 Å². The van der Waals surface area contributed by atoms with Gasteiger partial charge in [-0.15, -0.1) is 0 Å². The fourth-order valence-corrected chi connectivity index (χ4v) is 3.16. The maximum atomic E-state index is 12.4. The molecule has 3 aromatic rings. The molecule has 2 aromatic carbocycles. The zero-order chi connectivity index (χ0) is 19.3. The standard InChI is InChI=1S/C21H20N4O3/c26-19(13-25-14-24-18-9-4-3-8-17(18)21(25)27)28-11-5-10-22-20-16-7-2-1-6-15(16)12-23-20/h1-4,6-9,14H,5,10-13H2,(H,22,23). The fourth-order valence-electron chi connectivity index (χ4n) is 3.16. The largest absolute Gasteiger partial charge is 0.464 e. The first-order valence-corrected chi connectivity index (χ1v) is 9.19. The van der Waals surface area contributed by atoms with Gasteiger partial charge in [0.2, 0.25) is 0 Å². The molecule has 1 aliphatic rings. The molecule has 0 amide bonds. The van der Waals surface area contributed by atoms with E-state index >= 15 is 0 Å². The van der Waals surface area contributed by atoms with E-state index in [1.165, 1.54) is 16.5 Å². The number of amidine groups is 1. The Morgan fingerprint density at radius 3 is 2.89 bits per heavy atom. The van der Waals surface area contributed by atoms with Crippen LogP contribution in [0.25, 0.3) is 10.9 Å². The van der Waals surface area contributed by atoms with Crippen LogP contribution in [-0.4, -0.2) is 34.5 Å². The second-order valence-corrected chi connectivity index (χ2v) is 6.52. The number of ether oxygens (including phenoxy) is 1. The number of carbonyl (C=O) groups excluding carboxylic acids is 1. The van der Waals surface area contributed by atoms with Gasteiger partial charge in [-0.05, 0) is 24.1 Å². The molecule has 0 aliphatic carbocycles. The molecule has 0 unspecified atom stereocenters. The summed E-state index contributed by atoms with van der Waals surface area (Å²) in [6.45, 7) is 1.47. The highest BCUT2D eigenvalue weighted by molar-refractivity contribution is 6.01. The number of esters is 1. The molecule has 7 nitrogen and oxygen atoms in total. The van der Waals surface area contributed by atoms with Crippen LogP contribution in [0.3, 0.4) is 0 Å². The third-order valence-electron chi connectivity index (χ3n) is 4.59. The number of aromatic nitrogens is 2. The van der Waals surface area contributed by atoms with Gasteiger partial charge in [0.25, 0.3) is 5.56 Å². The van der Waals surface area contributed by atoms with Crippen LogP contribution in [0.4, 0.5) is 0 Å². The molecule has 4 rings (SSSR count). The lowest BCUT2D eigenvalue weighted by Crippen LogP contribution is -2.27. The van der Waals surface area contributed by atoms with E-state index in [0.717, 1.165) is 11.4 Å². The van der Waals surface area contributed by atoms with Crippen molar-refractivity contribution in [2.45, 2.75) is 19.5 Å². The highest BCUT2D eigenvalue weighted by Gasteiger charge is 2.14. The predicted molar refractivity (Wildman–Crippen MR) is 106 cm³/mol. The highest BCUT2D eigenvalue weighted by Crippen LogP contribution is 2.16. The Hall–Kier alpha value is -3.48. The number of nitrogens with one attached hydrogen (secondary N) is 1. The van der Waals surface area contributed by atoms with Crippen LogP contribution in [-0.2, 0) is 22.6 Å². The van der Waals surface area contributed by atoms with E-state index in [-0.39, 0.29) is 18.7 Å². The predicted octanol–water partition coefficient (Wildman–Crippen LogP) is 1.88. The summed E-state index contributed by atoms with van der Waals surface area (Å²) in [7, 11) is 0. The smallest absolute Gasteiger partial charge is 0.326 e. The quantitative estimate of drug-likeness (QED) is 0.524. The molecule has 28 heavy (non-hydrogen) atoms. The third kappa shape index (κ3) is 3.78. The lowest BCUT2D eigenvalue weighted by molar-refractivity contribution is -0.144. The van der Waals surface area contributed by atoms with E-state index in [0.29, 0.717) is 30.4 Å². The average Bonchev–Trinajstić information content (AvgIpc) is 3.13. The summed E-state index contributed by atoms with van der Waals surface area (Å²) in [5.41, 5.74) is 2.70. The summed E-state index contributed by atoms with van der Waals surface area (Å²) < 4.78 is 6.51. The minimum Gasteiger partial charge on any atom is -0.464 e. The number of rotatable bonds is 6. The molecule has 2 heterocycles. The van der Waals surface area contributed by atoms with Gasteiger partial charge in [0.05, 0.1) is 30.4 Å². The topological polar surface area (TPSA) is 85.6 Å². The van der Waals surface area contributed by atoms with Gasteiger partial charge in [-0.3, -0.25) is 19.1 Å². The summed E-state index contributed by atoms with van der Waals surface area (Å²) in [5, 5.41) is 3.77. The summed E-state index contributed by atoms with van der Waals surface area (Å²) in [6.07, 6.45) is 2.03. The van der Waals surface area contributed by atoms with Crippen LogP contribution in [0.1, 0.15) is 17.5 Å². The van der Waals surface area contributed by atoms with Crippen LogP contribution in [0.15, 0.2) is 64.6 Å². The number of carbonyl (C=O) groups is 1. The van der Waals surface area contributed by atoms with Crippen LogP contribution in [0.2, 0.25) is 0 Å². The molecule has 1 aliphatic heterocycles. The van der Waals surface area contributed by atoms with Crippen molar-refractivity contribution in [1.82, 2.24) is 14.9 Å². The first-order valence-electron chi connectivity index (χ1n) is 9.19. The van der Waals surface area contributed by atoms with Gasteiger partial charge >= 0.3 is 5.97 Å². The van der Waals surface area contributed by atoms with Crippen molar-refractivity contribution < 1.29 is 9.53 Å². The molecular weight excluding hydrogens is 356 g/mol. The molecule has 142 valence electrons. The SMILES string of the molecule is O=C(Cn1cnc2ccccc2c1=O)OCCCNC1=NCc2ccccc21. The first-order chi connectivity index (χ1) is 13.7. The van der Waals surface area contributed by atoms with E-state index in [2.05, 4.69) is 21.4 Å². The lowest BCUT2D eigenvalue weighted by Gasteiger charge is -2.09. The Balaban J connectivity index is 1.24. The number of nitrogens with zero attached hydrogens (tertiary/aromatic N) is 3. The van der Waals surface area contributed by atoms with Crippen LogP contribution in [0.5, 0.6) is 0 Å². The Labute approximate surface area is 161 Å². The number of hydrogen-bond acceptors (Lipinski definition) is 6. The maximum absolute atomic E-state index is 12.4. The first kappa shape index (κ1) is 17.9. The van der Waals surface area contributed by atoms with Gasteiger partial charge in [0, 0.05) is 12.1 Å². The van der Waals surface area contributed by atoms with Gasteiger partial charge < -0.3 is 10.1 Å². The van der Waals surface area contributed by atoms with Crippen molar-refractivity contribution in [1.29, 1.82) is 0 Å². The van der Waals surface area contributed by atoms with Gasteiger partial charge in [0.15, 0.2) is 0 Å². The normalized spacial score (nSPS) is 12.5. The van der Waals surface area contributed by atoms with E-state index in [9.17, 15) is 9.59 Å². The van der Waals surface area contributed by atoms with Gasteiger partial charge in [-0.25, -0.2) is 4.98 Å². The van der Waals surface area contributed by atoms with Crippen molar-refractivity contribution in [3.8, 4) is 0 Å². The van der Waals surface area contributed by atoms with Gasteiger partial charge in [0.1, 0.15) is 12.4 Å². The lowest BCUT2D eigenvalue weighted by atomic mass is 10.1. The summed E-state index contributed by atoms with van der Waals surface area (Å²) in [6, 6.07) is 15.2. The molecule has 0 radical (unpaired) electrons. The number of para-hydroxylation sites is 1. The number of benzene rings is 2. The fraction of sp³-hybridized carbons (Fsp3) is 0.238. The van der Waals surface area contributed by atoms with E-state index in [4.69, 9.17) is 4.74 Å². The van der Waals surface area contributed by atoms with E-state index in [1.54, 1.807) is 18.2 Å². The summed E-state index contributed by atoms with van der Waals surface area (Å²) in [4.78, 5) is 33.1. The molecule has 0 bridgehead atoms. The highest BCUT2D eigenvalue weighted by atomic mass is 16.5. The van der Waals surface area contributed by atoms with Crippen molar-refractivity contribution in [3.63, 3.8) is 0 Å². The second kappa shape index (κ2) is 8.04. The minimum atomic E-state index is -0.456.